The normalized spacial score (nSPS) is 10.8. The third-order valence-corrected chi connectivity index (χ3v) is 3.87. The van der Waals surface area contributed by atoms with E-state index in [-0.39, 0.29) is 5.82 Å². The van der Waals surface area contributed by atoms with Gasteiger partial charge in [-0.3, -0.25) is 4.98 Å². The Hall–Kier alpha value is -1.65. The highest BCUT2D eigenvalue weighted by Crippen LogP contribution is 2.27. The summed E-state index contributed by atoms with van der Waals surface area (Å²) in [6.07, 6.45) is 1.72. The van der Waals surface area contributed by atoms with Crippen LogP contribution in [0.2, 0.25) is 5.02 Å². The van der Waals surface area contributed by atoms with Crippen LogP contribution in [0.3, 0.4) is 0 Å². The highest BCUT2D eigenvalue weighted by molar-refractivity contribution is 9.10. The Morgan fingerprint density at radius 2 is 2.05 bits per heavy atom. The topological polar surface area (TPSA) is 24.9 Å². The lowest BCUT2D eigenvalue weighted by Crippen LogP contribution is -2.03. The van der Waals surface area contributed by atoms with Gasteiger partial charge in [0.2, 0.25) is 0 Å². The van der Waals surface area contributed by atoms with Gasteiger partial charge >= 0.3 is 0 Å². The van der Waals surface area contributed by atoms with E-state index in [0.29, 0.717) is 17.1 Å². The zero-order valence-corrected chi connectivity index (χ0v) is 13.2. The number of pyridine rings is 1. The maximum absolute atomic E-state index is 13.8. The van der Waals surface area contributed by atoms with Crippen molar-refractivity contribution in [3.05, 3.63) is 69.5 Å². The fraction of sp³-hybridized carbons (Fsp3) is 0.0625. The molecule has 1 aromatic heterocycles. The average Bonchev–Trinajstić information content (AvgIpc) is 2.46. The third kappa shape index (κ3) is 3.17. The first-order valence-corrected chi connectivity index (χ1v) is 7.52. The largest absolute Gasteiger partial charge is 0.379 e. The minimum atomic E-state index is -0.254. The first-order valence-electron chi connectivity index (χ1n) is 6.35. The van der Waals surface area contributed by atoms with Crippen molar-refractivity contribution in [2.45, 2.75) is 6.54 Å². The Balaban J connectivity index is 1.91. The second kappa shape index (κ2) is 6.00. The van der Waals surface area contributed by atoms with E-state index in [0.717, 1.165) is 21.1 Å². The Morgan fingerprint density at radius 3 is 2.86 bits per heavy atom. The lowest BCUT2D eigenvalue weighted by atomic mass is 10.1. The van der Waals surface area contributed by atoms with Crippen LogP contribution in [0.15, 0.2) is 53.1 Å². The monoisotopic (exact) mass is 364 g/mol. The number of anilines is 1. The van der Waals surface area contributed by atoms with E-state index in [1.54, 1.807) is 18.3 Å². The van der Waals surface area contributed by atoms with Crippen molar-refractivity contribution in [1.29, 1.82) is 0 Å². The second-order valence-corrected chi connectivity index (χ2v) is 5.97. The maximum Gasteiger partial charge on any atom is 0.129 e. The molecule has 1 N–H and O–H groups in total. The van der Waals surface area contributed by atoms with Gasteiger partial charge in [0.15, 0.2) is 0 Å². The van der Waals surface area contributed by atoms with Crippen LogP contribution >= 0.6 is 27.5 Å². The zero-order valence-electron chi connectivity index (χ0n) is 10.9. The quantitative estimate of drug-likeness (QED) is 0.672. The van der Waals surface area contributed by atoms with Gasteiger partial charge in [-0.25, -0.2) is 4.39 Å². The minimum Gasteiger partial charge on any atom is -0.379 e. The number of hydrogen-bond donors (Lipinski definition) is 1. The molecule has 0 atom stereocenters. The number of halogens is 3. The van der Waals surface area contributed by atoms with E-state index in [4.69, 9.17) is 11.6 Å². The summed E-state index contributed by atoms with van der Waals surface area (Å²) < 4.78 is 14.6. The lowest BCUT2D eigenvalue weighted by Gasteiger charge is -2.10. The van der Waals surface area contributed by atoms with Crippen molar-refractivity contribution >= 4 is 44.1 Å². The fourth-order valence-electron chi connectivity index (χ4n) is 2.15. The standard InChI is InChI=1S/C16H11BrClFN2/c17-12-4-3-11(14(19)7-12)9-21-15-8-13(18)6-10-2-1-5-20-16(10)15/h1-8,21H,9H2. The van der Waals surface area contributed by atoms with Crippen molar-refractivity contribution in [2.24, 2.45) is 0 Å². The third-order valence-electron chi connectivity index (χ3n) is 3.15. The zero-order chi connectivity index (χ0) is 14.8. The average molecular weight is 366 g/mol. The molecular weight excluding hydrogens is 355 g/mol. The molecule has 3 aromatic rings. The van der Waals surface area contributed by atoms with Crippen molar-refractivity contribution in [1.82, 2.24) is 4.98 Å². The summed E-state index contributed by atoms with van der Waals surface area (Å²) in [4.78, 5) is 4.35. The summed E-state index contributed by atoms with van der Waals surface area (Å²) in [6, 6.07) is 12.5. The van der Waals surface area contributed by atoms with Gasteiger partial charge in [0.1, 0.15) is 5.82 Å². The number of nitrogens with zero attached hydrogens (tertiary/aromatic N) is 1. The summed E-state index contributed by atoms with van der Waals surface area (Å²) >= 11 is 9.36. The molecular formula is C16H11BrClFN2. The highest BCUT2D eigenvalue weighted by atomic mass is 79.9. The molecule has 0 unspecified atom stereocenters. The van der Waals surface area contributed by atoms with E-state index in [2.05, 4.69) is 26.2 Å². The molecule has 0 aliphatic rings. The molecule has 0 saturated carbocycles. The maximum atomic E-state index is 13.8. The smallest absolute Gasteiger partial charge is 0.129 e. The van der Waals surface area contributed by atoms with E-state index in [1.165, 1.54) is 6.07 Å². The van der Waals surface area contributed by atoms with Gasteiger partial charge in [-0.1, -0.05) is 39.7 Å². The molecule has 2 nitrogen and oxygen atoms in total. The van der Waals surface area contributed by atoms with Crippen LogP contribution in [0.5, 0.6) is 0 Å². The van der Waals surface area contributed by atoms with Crippen molar-refractivity contribution in [3.8, 4) is 0 Å². The predicted molar refractivity (Wildman–Crippen MR) is 88.2 cm³/mol. The first-order chi connectivity index (χ1) is 10.1. The van der Waals surface area contributed by atoms with Crippen molar-refractivity contribution in [3.63, 3.8) is 0 Å². The van der Waals surface area contributed by atoms with Crippen LogP contribution in [0.25, 0.3) is 10.9 Å². The molecule has 0 amide bonds. The Kier molecular flexibility index (Phi) is 4.08. The van der Waals surface area contributed by atoms with Gasteiger partial charge < -0.3 is 5.32 Å². The lowest BCUT2D eigenvalue weighted by molar-refractivity contribution is 0.612. The summed E-state index contributed by atoms with van der Waals surface area (Å²) in [7, 11) is 0. The molecule has 0 aliphatic heterocycles. The van der Waals surface area contributed by atoms with Crippen LogP contribution in [-0.2, 0) is 6.54 Å². The summed E-state index contributed by atoms with van der Waals surface area (Å²) in [6.45, 7) is 0.366. The van der Waals surface area contributed by atoms with Gasteiger partial charge in [0.05, 0.1) is 11.2 Å². The molecule has 0 spiro atoms. The number of rotatable bonds is 3. The van der Waals surface area contributed by atoms with E-state index >= 15 is 0 Å². The predicted octanol–water partition coefficient (Wildman–Crippen LogP) is 5.40. The molecule has 0 bridgehead atoms. The molecule has 2 aromatic carbocycles. The van der Waals surface area contributed by atoms with Crippen LogP contribution in [-0.4, -0.2) is 4.98 Å². The number of nitrogens with one attached hydrogen (secondary N) is 1. The molecule has 5 heteroatoms. The summed E-state index contributed by atoms with van der Waals surface area (Å²) in [5.74, 6) is -0.254. The van der Waals surface area contributed by atoms with Crippen molar-refractivity contribution < 1.29 is 4.39 Å². The van der Waals surface area contributed by atoms with Gasteiger partial charge in [-0.15, -0.1) is 0 Å². The molecule has 0 aliphatic carbocycles. The second-order valence-electron chi connectivity index (χ2n) is 4.62. The molecule has 106 valence electrons. The van der Waals surface area contributed by atoms with Gasteiger partial charge in [-0.05, 0) is 30.3 Å². The molecule has 0 saturated heterocycles. The molecule has 1 heterocycles. The van der Waals surface area contributed by atoms with E-state index < -0.39 is 0 Å². The molecule has 0 radical (unpaired) electrons. The summed E-state index contributed by atoms with van der Waals surface area (Å²) in [5, 5.41) is 4.77. The van der Waals surface area contributed by atoms with Crippen LogP contribution in [0.4, 0.5) is 10.1 Å². The van der Waals surface area contributed by atoms with Gasteiger partial charge in [0, 0.05) is 33.2 Å². The SMILES string of the molecule is Fc1cc(Br)ccc1CNc1cc(Cl)cc2cccnc12. The number of fused-ring (bicyclic) bond motifs is 1. The van der Waals surface area contributed by atoms with Crippen molar-refractivity contribution in [2.75, 3.05) is 5.32 Å². The fourth-order valence-corrected chi connectivity index (χ4v) is 2.71. The van der Waals surface area contributed by atoms with E-state index in [9.17, 15) is 4.39 Å². The van der Waals surface area contributed by atoms with Crippen LogP contribution in [0, 0.1) is 5.82 Å². The summed E-state index contributed by atoms with van der Waals surface area (Å²) in [5.41, 5.74) is 2.20. The Bertz CT molecular complexity index is 807. The Morgan fingerprint density at radius 1 is 1.19 bits per heavy atom. The van der Waals surface area contributed by atoms with E-state index in [1.807, 2.05) is 24.3 Å². The number of aromatic nitrogens is 1. The molecule has 0 fully saturated rings. The van der Waals surface area contributed by atoms with Crippen LogP contribution in [0.1, 0.15) is 5.56 Å². The van der Waals surface area contributed by atoms with Gasteiger partial charge in [0.25, 0.3) is 0 Å². The molecule has 21 heavy (non-hydrogen) atoms. The van der Waals surface area contributed by atoms with Crippen LogP contribution < -0.4 is 5.32 Å². The highest BCUT2D eigenvalue weighted by Gasteiger charge is 2.07. The minimum absolute atomic E-state index is 0.254. The first kappa shape index (κ1) is 14.3. The molecule has 3 rings (SSSR count). The number of hydrogen-bond acceptors (Lipinski definition) is 2. The Labute approximate surface area is 135 Å². The number of benzene rings is 2. The van der Waals surface area contributed by atoms with Gasteiger partial charge in [-0.2, -0.15) is 0 Å².